The van der Waals surface area contributed by atoms with Crippen LogP contribution in [0, 0.1) is 17.2 Å². The zero-order valence-corrected chi connectivity index (χ0v) is 12.2. The number of nitrogens with zero attached hydrogens (tertiary/aromatic N) is 4. The molecule has 0 amide bonds. The van der Waals surface area contributed by atoms with E-state index in [1.165, 1.54) is 12.8 Å². The fourth-order valence-electron chi connectivity index (χ4n) is 2.30. The number of rotatable bonds is 7. The van der Waals surface area contributed by atoms with Crippen LogP contribution in [0.5, 0.6) is 0 Å². The Morgan fingerprint density at radius 2 is 1.95 bits per heavy atom. The van der Waals surface area contributed by atoms with E-state index in [0.29, 0.717) is 17.7 Å². The average molecular weight is 261 g/mol. The van der Waals surface area contributed by atoms with Gasteiger partial charge in [-0.2, -0.15) is 5.26 Å². The Bertz CT molecular complexity index is 403. The van der Waals surface area contributed by atoms with E-state index < -0.39 is 0 Å². The van der Waals surface area contributed by atoms with Crippen molar-refractivity contribution in [3.05, 3.63) is 17.8 Å². The van der Waals surface area contributed by atoms with Crippen molar-refractivity contribution in [2.75, 3.05) is 26.0 Å². The van der Waals surface area contributed by atoms with Gasteiger partial charge in [0.1, 0.15) is 11.9 Å². The minimum absolute atomic E-state index is 0.342. The van der Waals surface area contributed by atoms with Crippen molar-refractivity contribution >= 4 is 5.82 Å². The topological polar surface area (TPSA) is 64.8 Å². The normalized spacial score (nSPS) is 12.5. The Labute approximate surface area is 115 Å². The van der Waals surface area contributed by atoms with Crippen LogP contribution in [0.25, 0.3) is 0 Å². The first-order valence-electron chi connectivity index (χ1n) is 6.76. The molecule has 0 bridgehead atoms. The van der Waals surface area contributed by atoms with Crippen LogP contribution in [-0.4, -0.2) is 41.8 Å². The molecule has 1 heterocycles. The van der Waals surface area contributed by atoms with Gasteiger partial charge in [0, 0.05) is 12.6 Å². The van der Waals surface area contributed by atoms with E-state index in [4.69, 9.17) is 5.26 Å². The van der Waals surface area contributed by atoms with E-state index in [2.05, 4.69) is 48.4 Å². The molecule has 0 fully saturated rings. The molecule has 1 N–H and O–H groups in total. The molecule has 5 nitrogen and oxygen atoms in total. The van der Waals surface area contributed by atoms with Crippen LogP contribution in [0.3, 0.4) is 0 Å². The second-order valence-electron chi connectivity index (χ2n) is 4.90. The number of nitrogens with one attached hydrogen (secondary N) is 1. The van der Waals surface area contributed by atoms with Crippen molar-refractivity contribution in [2.24, 2.45) is 5.92 Å². The monoisotopic (exact) mass is 261 g/mol. The van der Waals surface area contributed by atoms with E-state index in [-0.39, 0.29) is 0 Å². The molecule has 0 aliphatic carbocycles. The summed E-state index contributed by atoms with van der Waals surface area (Å²) in [7, 11) is 4.21. The van der Waals surface area contributed by atoms with Crippen LogP contribution in [0.4, 0.5) is 5.82 Å². The lowest BCUT2D eigenvalue weighted by Crippen LogP contribution is -2.40. The number of nitriles is 1. The van der Waals surface area contributed by atoms with Crippen LogP contribution in [0.15, 0.2) is 12.1 Å². The minimum Gasteiger partial charge on any atom is -0.367 e. The summed E-state index contributed by atoms with van der Waals surface area (Å²) in [6.45, 7) is 5.29. The van der Waals surface area contributed by atoms with E-state index in [1.54, 1.807) is 12.1 Å². The van der Waals surface area contributed by atoms with Gasteiger partial charge in [-0.1, -0.05) is 26.7 Å². The van der Waals surface area contributed by atoms with Gasteiger partial charge in [-0.25, -0.2) is 0 Å². The van der Waals surface area contributed by atoms with Gasteiger partial charge in [-0.3, -0.25) is 0 Å². The molecule has 0 aliphatic rings. The molecule has 0 saturated carbocycles. The van der Waals surface area contributed by atoms with Gasteiger partial charge in [0.2, 0.25) is 0 Å². The Morgan fingerprint density at radius 1 is 1.26 bits per heavy atom. The third-order valence-corrected chi connectivity index (χ3v) is 3.53. The van der Waals surface area contributed by atoms with Gasteiger partial charge in [-0.15, -0.1) is 10.2 Å². The summed E-state index contributed by atoms with van der Waals surface area (Å²) in [6.07, 6.45) is 2.33. The molecular weight excluding hydrogens is 238 g/mol. The van der Waals surface area contributed by atoms with Crippen molar-refractivity contribution in [2.45, 2.75) is 32.7 Å². The quantitative estimate of drug-likeness (QED) is 0.814. The molecule has 1 rings (SSSR count). The molecule has 1 aromatic rings. The third kappa shape index (κ3) is 4.49. The highest BCUT2D eigenvalue weighted by molar-refractivity contribution is 5.35. The maximum absolute atomic E-state index is 8.68. The second kappa shape index (κ2) is 7.70. The van der Waals surface area contributed by atoms with Gasteiger partial charge in [-0.05, 0) is 32.1 Å². The van der Waals surface area contributed by atoms with Crippen LogP contribution in [-0.2, 0) is 0 Å². The Morgan fingerprint density at radius 3 is 2.37 bits per heavy atom. The van der Waals surface area contributed by atoms with Gasteiger partial charge in [0.25, 0.3) is 0 Å². The lowest BCUT2D eigenvalue weighted by atomic mass is 9.93. The van der Waals surface area contributed by atoms with Crippen LogP contribution >= 0.6 is 0 Å². The minimum atomic E-state index is 0.342. The Balaban J connectivity index is 2.63. The predicted octanol–water partition coefficient (Wildman–Crippen LogP) is 2.13. The lowest BCUT2D eigenvalue weighted by molar-refractivity contribution is 0.210. The zero-order valence-electron chi connectivity index (χ0n) is 12.2. The first kappa shape index (κ1) is 15.4. The van der Waals surface area contributed by atoms with Crippen molar-refractivity contribution < 1.29 is 0 Å². The highest BCUT2D eigenvalue weighted by atomic mass is 15.2. The van der Waals surface area contributed by atoms with Crippen LogP contribution in [0.1, 0.15) is 32.4 Å². The van der Waals surface area contributed by atoms with E-state index >= 15 is 0 Å². The summed E-state index contributed by atoms with van der Waals surface area (Å²) in [5.41, 5.74) is 0.342. The van der Waals surface area contributed by atoms with Gasteiger partial charge in [0.05, 0.1) is 0 Å². The molecule has 0 aliphatic heterocycles. The molecule has 0 spiro atoms. The van der Waals surface area contributed by atoms with Crippen LogP contribution < -0.4 is 5.32 Å². The van der Waals surface area contributed by atoms with Crippen molar-refractivity contribution in [1.29, 1.82) is 5.26 Å². The smallest absolute Gasteiger partial charge is 0.163 e. The lowest BCUT2D eigenvalue weighted by Gasteiger charge is -2.31. The highest BCUT2D eigenvalue weighted by Gasteiger charge is 2.20. The molecule has 0 aromatic carbocycles. The average Bonchev–Trinajstić information content (AvgIpc) is 2.43. The molecule has 1 unspecified atom stereocenters. The number of likely N-dealkylation sites (N-methyl/N-ethyl adjacent to an activating group) is 1. The molecule has 19 heavy (non-hydrogen) atoms. The van der Waals surface area contributed by atoms with Crippen molar-refractivity contribution in [3.63, 3.8) is 0 Å². The highest BCUT2D eigenvalue weighted by Crippen LogP contribution is 2.17. The molecule has 1 atom stereocenters. The summed E-state index contributed by atoms with van der Waals surface area (Å²) in [6, 6.07) is 5.90. The first-order chi connectivity index (χ1) is 9.12. The largest absolute Gasteiger partial charge is 0.367 e. The Hall–Kier alpha value is -1.67. The fraction of sp³-hybridized carbons (Fsp3) is 0.643. The van der Waals surface area contributed by atoms with Crippen molar-refractivity contribution in [1.82, 2.24) is 15.1 Å². The van der Waals surface area contributed by atoms with Gasteiger partial charge in [0.15, 0.2) is 5.69 Å². The number of hydrogen-bond acceptors (Lipinski definition) is 5. The molecule has 5 heteroatoms. The van der Waals surface area contributed by atoms with Gasteiger partial charge >= 0.3 is 0 Å². The summed E-state index contributed by atoms with van der Waals surface area (Å²) < 4.78 is 0. The van der Waals surface area contributed by atoms with E-state index in [0.717, 1.165) is 12.4 Å². The van der Waals surface area contributed by atoms with E-state index in [1.807, 2.05) is 6.07 Å². The molecule has 1 aromatic heterocycles. The second-order valence-corrected chi connectivity index (χ2v) is 4.90. The summed E-state index contributed by atoms with van der Waals surface area (Å²) in [4.78, 5) is 2.25. The Kier molecular flexibility index (Phi) is 6.23. The maximum atomic E-state index is 8.68. The zero-order chi connectivity index (χ0) is 14.3. The van der Waals surface area contributed by atoms with E-state index in [9.17, 15) is 0 Å². The summed E-state index contributed by atoms with van der Waals surface area (Å²) in [5.74, 6) is 1.38. The number of hydrogen-bond donors (Lipinski definition) is 1. The fourth-order valence-corrected chi connectivity index (χ4v) is 2.30. The third-order valence-electron chi connectivity index (χ3n) is 3.53. The standard InChI is InChI=1S/C14H23N5/c1-5-11(6-2)13(19(3)4)10-16-14-8-7-12(9-15)17-18-14/h7-8,11,13H,5-6,10H2,1-4H3,(H,16,18). The SMILES string of the molecule is CCC(CC)C(CNc1ccc(C#N)nn1)N(C)C. The summed E-state index contributed by atoms with van der Waals surface area (Å²) >= 11 is 0. The number of aromatic nitrogens is 2. The molecule has 104 valence electrons. The molecule has 0 radical (unpaired) electrons. The predicted molar refractivity (Wildman–Crippen MR) is 76.8 cm³/mol. The first-order valence-corrected chi connectivity index (χ1v) is 6.76. The molecular formula is C14H23N5. The van der Waals surface area contributed by atoms with Gasteiger partial charge < -0.3 is 10.2 Å². The number of anilines is 1. The van der Waals surface area contributed by atoms with Crippen molar-refractivity contribution in [3.8, 4) is 6.07 Å². The molecule has 0 saturated heterocycles. The maximum Gasteiger partial charge on any atom is 0.163 e. The summed E-state index contributed by atoms with van der Waals surface area (Å²) in [5, 5.41) is 19.8. The van der Waals surface area contributed by atoms with Crippen LogP contribution in [0.2, 0.25) is 0 Å².